The fourth-order valence-electron chi connectivity index (χ4n) is 0.419. The molecule has 0 saturated heterocycles. The third-order valence-corrected chi connectivity index (χ3v) is 1.01. The average Bonchev–Trinajstić information content (AvgIpc) is 2.01. The smallest absolute Gasteiger partial charge is 0.337 e. The van der Waals surface area contributed by atoms with Gasteiger partial charge in [0.05, 0.1) is 7.11 Å². The molecule has 0 radical (unpaired) electrons. The number of methoxy groups -OCH3 is 1. The van der Waals surface area contributed by atoms with Crippen molar-refractivity contribution in [3.05, 3.63) is 0 Å². The standard InChI is InChI=1S/C4H12N2O4/c1-8-4(3-7,10-5)6-9-2/h6-7H,3,5H2,1-2H3/p+1. The summed E-state index contributed by atoms with van der Waals surface area (Å²) in [5.41, 5.74) is 2.29. The Kier molecular flexibility index (Phi) is 4.45. The lowest BCUT2D eigenvalue weighted by Gasteiger charge is -2.24. The van der Waals surface area contributed by atoms with Crippen LogP contribution in [0.25, 0.3) is 0 Å². The summed E-state index contributed by atoms with van der Waals surface area (Å²) in [7, 11) is 2.73. The van der Waals surface area contributed by atoms with Gasteiger partial charge in [-0.15, -0.1) is 5.48 Å². The molecule has 10 heavy (non-hydrogen) atoms. The molecule has 0 aliphatic heterocycles. The summed E-state index contributed by atoms with van der Waals surface area (Å²) >= 11 is 0. The molecular weight excluding hydrogens is 140 g/mol. The van der Waals surface area contributed by atoms with Gasteiger partial charge in [-0.3, -0.25) is 0 Å². The minimum atomic E-state index is -1.35. The molecule has 0 aliphatic rings. The Morgan fingerprint density at radius 3 is 2.30 bits per heavy atom. The van der Waals surface area contributed by atoms with Gasteiger partial charge in [-0.05, 0) is 0 Å². The first-order valence-corrected chi connectivity index (χ1v) is 2.62. The number of hydrogen-bond acceptors (Lipinski definition) is 5. The molecule has 0 saturated carbocycles. The normalized spacial score (nSPS) is 16.8. The number of rotatable bonds is 5. The molecule has 1 atom stereocenters. The Morgan fingerprint density at radius 2 is 2.20 bits per heavy atom. The van der Waals surface area contributed by atoms with Crippen LogP contribution >= 0.6 is 0 Å². The van der Waals surface area contributed by atoms with Crippen molar-refractivity contribution in [2.45, 2.75) is 5.91 Å². The van der Waals surface area contributed by atoms with Crippen LogP contribution in [0.5, 0.6) is 0 Å². The highest BCUT2D eigenvalue weighted by Crippen LogP contribution is 2.02. The molecule has 1 unspecified atom stereocenters. The predicted molar refractivity (Wildman–Crippen MR) is 33.6 cm³/mol. The molecule has 0 aliphatic carbocycles. The second-order valence-electron chi connectivity index (χ2n) is 1.56. The SMILES string of the molecule is CONC(C[OH2+])(OC)ON. The van der Waals surface area contributed by atoms with Gasteiger partial charge < -0.3 is 14.7 Å². The van der Waals surface area contributed by atoms with Gasteiger partial charge in [-0.25, -0.2) is 10.7 Å². The third kappa shape index (κ3) is 2.18. The number of hydrogen-bond donors (Lipinski definition) is 2. The first-order valence-electron chi connectivity index (χ1n) is 2.62. The first kappa shape index (κ1) is 9.76. The number of nitrogens with one attached hydrogen (secondary N) is 1. The Balaban J connectivity index is 3.87. The Labute approximate surface area is 58.8 Å². The fraction of sp³-hybridized carbons (Fsp3) is 1.00. The minimum absolute atomic E-state index is 0.201. The summed E-state index contributed by atoms with van der Waals surface area (Å²) in [6.45, 7) is -0.201. The van der Waals surface area contributed by atoms with Crippen LogP contribution in [0, 0.1) is 0 Å². The van der Waals surface area contributed by atoms with Crippen LogP contribution in [0.1, 0.15) is 0 Å². The van der Waals surface area contributed by atoms with Gasteiger partial charge in [0, 0.05) is 7.11 Å². The van der Waals surface area contributed by atoms with Crippen molar-refractivity contribution in [2.24, 2.45) is 5.90 Å². The molecule has 0 aromatic rings. The first-order chi connectivity index (χ1) is 4.74. The summed E-state index contributed by atoms with van der Waals surface area (Å²) in [5, 5.41) is 6.94. The Bertz CT molecular complexity index is 77.1. The largest absolute Gasteiger partial charge is 0.440 e. The molecule has 0 spiro atoms. The van der Waals surface area contributed by atoms with Crippen molar-refractivity contribution in [2.75, 3.05) is 20.8 Å². The highest BCUT2D eigenvalue weighted by Gasteiger charge is 2.33. The van der Waals surface area contributed by atoms with E-state index in [9.17, 15) is 0 Å². The highest BCUT2D eigenvalue weighted by atomic mass is 16.8. The van der Waals surface area contributed by atoms with E-state index in [1.807, 2.05) is 0 Å². The van der Waals surface area contributed by atoms with E-state index in [4.69, 9.17) is 15.7 Å². The quantitative estimate of drug-likeness (QED) is 0.272. The van der Waals surface area contributed by atoms with Crippen molar-refractivity contribution in [3.8, 4) is 0 Å². The van der Waals surface area contributed by atoms with Crippen molar-refractivity contribution >= 4 is 0 Å². The number of hydroxylamine groups is 1. The second kappa shape index (κ2) is 4.56. The lowest BCUT2D eigenvalue weighted by molar-refractivity contribution is -0.307. The summed E-state index contributed by atoms with van der Waals surface area (Å²) < 4.78 is 4.71. The molecule has 6 heteroatoms. The molecule has 0 amide bonds. The molecule has 5 N–H and O–H groups in total. The van der Waals surface area contributed by atoms with Crippen LogP contribution in [-0.4, -0.2) is 31.8 Å². The van der Waals surface area contributed by atoms with Crippen molar-refractivity contribution in [3.63, 3.8) is 0 Å². The van der Waals surface area contributed by atoms with Gasteiger partial charge in [0.2, 0.25) is 6.61 Å². The van der Waals surface area contributed by atoms with Crippen molar-refractivity contribution in [1.82, 2.24) is 5.48 Å². The van der Waals surface area contributed by atoms with Crippen LogP contribution in [0.3, 0.4) is 0 Å². The monoisotopic (exact) mass is 153 g/mol. The zero-order valence-electron chi connectivity index (χ0n) is 6.01. The van der Waals surface area contributed by atoms with Crippen LogP contribution in [0.4, 0.5) is 0 Å². The lowest BCUT2D eigenvalue weighted by atomic mass is 10.5. The summed E-state index contributed by atoms with van der Waals surface area (Å²) in [4.78, 5) is 8.81. The number of nitrogens with two attached hydrogens (primary N) is 1. The van der Waals surface area contributed by atoms with Crippen LogP contribution in [0.2, 0.25) is 0 Å². The maximum Gasteiger partial charge on any atom is 0.337 e. The summed E-state index contributed by atoms with van der Waals surface area (Å²) in [6.07, 6.45) is 0. The third-order valence-electron chi connectivity index (χ3n) is 1.01. The minimum Gasteiger partial charge on any atom is -0.440 e. The van der Waals surface area contributed by atoms with Gasteiger partial charge in [0.15, 0.2) is 0 Å². The van der Waals surface area contributed by atoms with Gasteiger partial charge in [0.1, 0.15) is 0 Å². The molecule has 6 nitrogen and oxygen atoms in total. The number of ether oxygens (including phenoxy) is 1. The van der Waals surface area contributed by atoms with E-state index in [1.54, 1.807) is 0 Å². The highest BCUT2D eigenvalue weighted by molar-refractivity contribution is 4.55. The van der Waals surface area contributed by atoms with E-state index in [0.29, 0.717) is 0 Å². The second-order valence-corrected chi connectivity index (χ2v) is 1.56. The molecule has 0 aromatic heterocycles. The topological polar surface area (TPSA) is 88.6 Å². The van der Waals surface area contributed by atoms with Crippen LogP contribution in [-0.2, 0) is 14.4 Å². The zero-order valence-corrected chi connectivity index (χ0v) is 6.01. The van der Waals surface area contributed by atoms with Gasteiger partial charge in [-0.1, -0.05) is 0 Å². The Morgan fingerprint density at radius 1 is 1.60 bits per heavy atom. The molecule has 0 bridgehead atoms. The van der Waals surface area contributed by atoms with E-state index >= 15 is 0 Å². The predicted octanol–water partition coefficient (Wildman–Crippen LogP) is -1.95. The molecule has 62 valence electrons. The molecule has 0 fully saturated rings. The van der Waals surface area contributed by atoms with Gasteiger partial charge in [0.25, 0.3) is 0 Å². The van der Waals surface area contributed by atoms with Crippen LogP contribution in [0.15, 0.2) is 0 Å². The van der Waals surface area contributed by atoms with Crippen molar-refractivity contribution in [1.29, 1.82) is 0 Å². The van der Waals surface area contributed by atoms with E-state index in [1.165, 1.54) is 14.2 Å². The van der Waals surface area contributed by atoms with Crippen molar-refractivity contribution < 1.29 is 19.5 Å². The molecule has 0 aromatic carbocycles. The lowest BCUT2D eigenvalue weighted by Crippen LogP contribution is -2.53. The van der Waals surface area contributed by atoms with E-state index < -0.39 is 5.91 Å². The Hall–Kier alpha value is -0.240. The van der Waals surface area contributed by atoms with E-state index in [-0.39, 0.29) is 6.61 Å². The zero-order chi connectivity index (χ0) is 8.04. The molecular formula is C4H13N2O4+. The van der Waals surface area contributed by atoms with Crippen LogP contribution < -0.4 is 11.4 Å². The maximum absolute atomic E-state index is 6.94. The maximum atomic E-state index is 6.94. The van der Waals surface area contributed by atoms with E-state index in [2.05, 4.69) is 15.2 Å². The van der Waals surface area contributed by atoms with E-state index in [0.717, 1.165) is 0 Å². The summed E-state index contributed by atoms with van der Waals surface area (Å²) in [6, 6.07) is 0. The summed E-state index contributed by atoms with van der Waals surface area (Å²) in [5.74, 6) is 3.47. The average molecular weight is 153 g/mol. The van der Waals surface area contributed by atoms with Gasteiger partial charge >= 0.3 is 5.91 Å². The molecule has 0 rings (SSSR count). The fourth-order valence-corrected chi connectivity index (χ4v) is 0.419. The molecule has 0 heterocycles. The van der Waals surface area contributed by atoms with Gasteiger partial charge in [-0.2, -0.15) is 0 Å².